The molecule has 2 aliphatic heterocycles. The molecule has 0 aromatic carbocycles. The molecule has 0 spiro atoms. The number of amides is 1. The number of ether oxygens (including phenoxy) is 1. The molecule has 0 aliphatic carbocycles. The number of carbonyl (C=O) groups is 1. The highest BCUT2D eigenvalue weighted by atomic mass is 16.5. The molecule has 1 amide bonds. The number of carbonyl (C=O) groups excluding carboxylic acids is 1. The van der Waals surface area contributed by atoms with Crippen molar-refractivity contribution in [2.75, 3.05) is 6.61 Å². The summed E-state index contributed by atoms with van der Waals surface area (Å²) in [5.74, 6) is -0.802. The van der Waals surface area contributed by atoms with Gasteiger partial charge in [-0.1, -0.05) is 0 Å². The summed E-state index contributed by atoms with van der Waals surface area (Å²) in [6.45, 7) is 4.43. The summed E-state index contributed by atoms with van der Waals surface area (Å²) in [5.41, 5.74) is 0.00330. The molecule has 1 aromatic rings. The molecule has 2 atom stereocenters. The number of aryl methyl sites for hydroxylation is 1. The lowest BCUT2D eigenvalue weighted by atomic mass is 10.1. The van der Waals surface area contributed by atoms with Crippen molar-refractivity contribution < 1.29 is 14.6 Å². The first kappa shape index (κ1) is 11.3. The van der Waals surface area contributed by atoms with Crippen LogP contribution in [0.15, 0.2) is 11.0 Å². The number of fused-ring (bicyclic) bond motifs is 2. The van der Waals surface area contributed by atoms with E-state index < -0.39 is 11.2 Å². The van der Waals surface area contributed by atoms with Gasteiger partial charge in [0.1, 0.15) is 0 Å². The topological polar surface area (TPSA) is 71.8 Å². The van der Waals surface area contributed by atoms with Crippen LogP contribution in [0, 0.1) is 6.92 Å². The van der Waals surface area contributed by atoms with Crippen LogP contribution in [-0.2, 0) is 11.3 Å². The molecular weight excluding hydrogens is 236 g/mol. The molecule has 6 nitrogen and oxygen atoms in total. The molecule has 0 radical (unpaired) electrons. The molecule has 0 unspecified atom stereocenters. The lowest BCUT2D eigenvalue weighted by molar-refractivity contribution is 0.00631. The molecule has 6 heteroatoms. The van der Waals surface area contributed by atoms with Crippen LogP contribution in [-0.4, -0.2) is 39.4 Å². The molecule has 1 aromatic heterocycles. The number of pyridine rings is 1. The predicted octanol–water partition coefficient (Wildman–Crippen LogP) is 0.0629. The summed E-state index contributed by atoms with van der Waals surface area (Å²) in [5, 5.41) is 9.88. The SMILES string of the molecule is Cc1cn2c(c(O)c1=O)C(=O)N1[C@@H](C)CO[C@@H]1C2. The molecular formula is C12H14N2O4. The van der Waals surface area contributed by atoms with Crippen LogP contribution in [0.5, 0.6) is 5.75 Å². The molecule has 1 fully saturated rings. The smallest absolute Gasteiger partial charge is 0.276 e. The summed E-state index contributed by atoms with van der Waals surface area (Å²) in [6.07, 6.45) is 1.29. The highest BCUT2D eigenvalue weighted by Crippen LogP contribution is 2.29. The van der Waals surface area contributed by atoms with E-state index in [1.807, 2.05) is 6.92 Å². The first-order chi connectivity index (χ1) is 8.50. The Bertz CT molecular complexity index is 592. The van der Waals surface area contributed by atoms with Crippen molar-refractivity contribution in [3.05, 3.63) is 27.7 Å². The molecule has 18 heavy (non-hydrogen) atoms. The summed E-state index contributed by atoms with van der Waals surface area (Å²) in [7, 11) is 0. The minimum absolute atomic E-state index is 0.0351. The lowest BCUT2D eigenvalue weighted by Crippen LogP contribution is -2.48. The largest absolute Gasteiger partial charge is 0.503 e. The van der Waals surface area contributed by atoms with Gasteiger partial charge in [0.05, 0.1) is 19.2 Å². The van der Waals surface area contributed by atoms with Crippen LogP contribution in [0.25, 0.3) is 0 Å². The number of rotatable bonds is 0. The number of aromatic hydroxyl groups is 1. The van der Waals surface area contributed by atoms with Gasteiger partial charge in [0.15, 0.2) is 17.7 Å². The second-order valence-electron chi connectivity index (χ2n) is 4.84. The maximum atomic E-state index is 12.3. The first-order valence-electron chi connectivity index (χ1n) is 5.88. The van der Waals surface area contributed by atoms with E-state index >= 15 is 0 Å². The second-order valence-corrected chi connectivity index (χ2v) is 4.84. The Morgan fingerprint density at radius 1 is 1.44 bits per heavy atom. The average Bonchev–Trinajstić information content (AvgIpc) is 2.68. The molecule has 96 valence electrons. The van der Waals surface area contributed by atoms with Gasteiger partial charge in [-0.15, -0.1) is 0 Å². The van der Waals surface area contributed by atoms with Gasteiger partial charge in [-0.2, -0.15) is 0 Å². The third-order valence-electron chi connectivity index (χ3n) is 3.54. The van der Waals surface area contributed by atoms with Gasteiger partial charge in [0.25, 0.3) is 5.91 Å². The van der Waals surface area contributed by atoms with E-state index in [-0.39, 0.29) is 23.9 Å². The molecule has 0 bridgehead atoms. The Hall–Kier alpha value is -1.82. The minimum Gasteiger partial charge on any atom is -0.503 e. The Balaban J connectivity index is 2.20. The van der Waals surface area contributed by atoms with Gasteiger partial charge in [-0.05, 0) is 13.8 Å². The summed E-state index contributed by atoms with van der Waals surface area (Å²) in [4.78, 5) is 25.6. The standard InChI is InChI=1S/C12H14N2O4/c1-6-3-13-4-8-14(7(2)5-18-8)12(17)9(13)11(16)10(6)15/h3,7-8,16H,4-5H2,1-2H3/t7-,8+/m0/s1. The minimum atomic E-state index is -0.485. The molecule has 3 rings (SSSR count). The van der Waals surface area contributed by atoms with E-state index in [9.17, 15) is 14.7 Å². The van der Waals surface area contributed by atoms with Crippen molar-refractivity contribution in [2.45, 2.75) is 32.7 Å². The number of nitrogens with zero attached hydrogens (tertiary/aromatic N) is 2. The van der Waals surface area contributed by atoms with Crippen molar-refractivity contribution in [1.82, 2.24) is 9.47 Å². The number of aromatic nitrogens is 1. The van der Waals surface area contributed by atoms with E-state index in [0.717, 1.165) is 0 Å². The van der Waals surface area contributed by atoms with Crippen LogP contribution in [0.2, 0.25) is 0 Å². The fraction of sp³-hybridized carbons (Fsp3) is 0.500. The van der Waals surface area contributed by atoms with Gasteiger partial charge in [0, 0.05) is 11.8 Å². The zero-order chi connectivity index (χ0) is 13.0. The van der Waals surface area contributed by atoms with Gasteiger partial charge >= 0.3 is 0 Å². The third kappa shape index (κ3) is 1.32. The van der Waals surface area contributed by atoms with Crippen LogP contribution >= 0.6 is 0 Å². The van der Waals surface area contributed by atoms with Gasteiger partial charge < -0.3 is 19.3 Å². The Morgan fingerprint density at radius 3 is 2.89 bits per heavy atom. The highest BCUT2D eigenvalue weighted by molar-refractivity contribution is 5.96. The van der Waals surface area contributed by atoms with Crippen LogP contribution in [0.1, 0.15) is 23.0 Å². The summed E-state index contributed by atoms with van der Waals surface area (Å²) >= 11 is 0. The van der Waals surface area contributed by atoms with Gasteiger partial charge in [-0.25, -0.2) is 0 Å². The fourth-order valence-corrected chi connectivity index (χ4v) is 2.61. The summed E-state index contributed by atoms with van der Waals surface area (Å²) < 4.78 is 7.14. The quantitative estimate of drug-likeness (QED) is 0.707. The van der Waals surface area contributed by atoms with Crippen LogP contribution in [0.3, 0.4) is 0 Å². The maximum absolute atomic E-state index is 12.3. The average molecular weight is 250 g/mol. The van der Waals surface area contributed by atoms with Crippen molar-refractivity contribution in [3.63, 3.8) is 0 Å². The van der Waals surface area contributed by atoms with E-state index in [1.54, 1.807) is 22.6 Å². The monoisotopic (exact) mass is 250 g/mol. The summed E-state index contributed by atoms with van der Waals surface area (Å²) in [6, 6.07) is -0.0351. The second kappa shape index (κ2) is 3.58. The Kier molecular flexibility index (Phi) is 2.25. The van der Waals surface area contributed by atoms with E-state index in [0.29, 0.717) is 18.7 Å². The van der Waals surface area contributed by atoms with Crippen molar-refractivity contribution in [2.24, 2.45) is 0 Å². The van der Waals surface area contributed by atoms with E-state index in [2.05, 4.69) is 0 Å². The maximum Gasteiger partial charge on any atom is 0.276 e. The number of hydrogen-bond donors (Lipinski definition) is 1. The molecule has 1 N–H and O–H groups in total. The zero-order valence-electron chi connectivity index (χ0n) is 10.2. The zero-order valence-corrected chi connectivity index (χ0v) is 10.2. The van der Waals surface area contributed by atoms with E-state index in [4.69, 9.17) is 4.74 Å². The Morgan fingerprint density at radius 2 is 2.17 bits per heavy atom. The molecule has 3 heterocycles. The van der Waals surface area contributed by atoms with Gasteiger partial charge in [0.2, 0.25) is 5.43 Å². The first-order valence-corrected chi connectivity index (χ1v) is 5.88. The lowest BCUT2D eigenvalue weighted by Gasteiger charge is -2.33. The fourth-order valence-electron chi connectivity index (χ4n) is 2.61. The van der Waals surface area contributed by atoms with Crippen molar-refractivity contribution >= 4 is 5.91 Å². The normalized spacial score (nSPS) is 26.1. The van der Waals surface area contributed by atoms with Crippen molar-refractivity contribution in [3.8, 4) is 5.75 Å². The third-order valence-corrected chi connectivity index (χ3v) is 3.54. The predicted molar refractivity (Wildman–Crippen MR) is 62.5 cm³/mol. The van der Waals surface area contributed by atoms with Crippen molar-refractivity contribution in [1.29, 1.82) is 0 Å². The van der Waals surface area contributed by atoms with E-state index in [1.165, 1.54) is 0 Å². The molecule has 2 aliphatic rings. The molecule has 0 saturated carbocycles. The van der Waals surface area contributed by atoms with Crippen LogP contribution < -0.4 is 5.43 Å². The molecule has 1 saturated heterocycles. The van der Waals surface area contributed by atoms with Gasteiger partial charge in [-0.3, -0.25) is 9.59 Å². The van der Waals surface area contributed by atoms with Crippen LogP contribution in [0.4, 0.5) is 0 Å². The highest BCUT2D eigenvalue weighted by Gasteiger charge is 2.42. The Labute approximate surface area is 103 Å². The number of hydrogen-bond acceptors (Lipinski definition) is 4.